The molecule has 1 aromatic carbocycles. The fourth-order valence-electron chi connectivity index (χ4n) is 3.41. The van der Waals surface area contributed by atoms with Crippen molar-refractivity contribution in [1.82, 2.24) is 19.5 Å². The van der Waals surface area contributed by atoms with Crippen LogP contribution < -0.4 is 15.4 Å². The zero-order chi connectivity index (χ0) is 19.5. The normalized spacial score (nSPS) is 14.8. The van der Waals surface area contributed by atoms with Crippen molar-refractivity contribution < 1.29 is 4.39 Å². The lowest BCUT2D eigenvalue weighted by atomic mass is 10.2. The Morgan fingerprint density at radius 2 is 1.71 bits per heavy atom. The predicted octanol–water partition coefficient (Wildman–Crippen LogP) is 2.09. The topological polar surface area (TPSA) is 67.2 Å². The number of anilines is 2. The Labute approximate surface area is 162 Å². The van der Waals surface area contributed by atoms with Crippen LogP contribution in [0.3, 0.4) is 0 Å². The van der Waals surface area contributed by atoms with Gasteiger partial charge < -0.3 is 9.80 Å². The number of benzene rings is 1. The van der Waals surface area contributed by atoms with Crippen molar-refractivity contribution in [2.75, 3.05) is 36.0 Å². The fraction of sp³-hybridized carbons (Fsp3) is 0.300. The molecule has 0 amide bonds. The van der Waals surface area contributed by atoms with E-state index in [1.165, 1.54) is 24.5 Å². The van der Waals surface area contributed by atoms with Crippen molar-refractivity contribution >= 4 is 11.6 Å². The van der Waals surface area contributed by atoms with Gasteiger partial charge in [-0.05, 0) is 36.8 Å². The summed E-state index contributed by atoms with van der Waals surface area (Å²) < 4.78 is 14.8. The first kappa shape index (κ1) is 18.1. The third kappa shape index (κ3) is 3.71. The molecule has 1 aliphatic heterocycles. The molecule has 0 N–H and O–H groups in total. The van der Waals surface area contributed by atoms with Gasteiger partial charge in [-0.15, -0.1) is 0 Å². The molecular weight excluding hydrogens is 359 g/mol. The maximum absolute atomic E-state index is 13.2. The van der Waals surface area contributed by atoms with Gasteiger partial charge in [0.15, 0.2) is 0 Å². The summed E-state index contributed by atoms with van der Waals surface area (Å²) in [4.78, 5) is 29.7. The summed E-state index contributed by atoms with van der Waals surface area (Å²) in [5.41, 5.74) is 2.04. The van der Waals surface area contributed by atoms with Gasteiger partial charge in [0.05, 0.1) is 11.4 Å². The lowest BCUT2D eigenvalue weighted by Crippen LogP contribution is -2.35. The van der Waals surface area contributed by atoms with Crippen LogP contribution in [-0.2, 0) is 7.05 Å². The molecule has 0 unspecified atom stereocenters. The number of halogens is 1. The monoisotopic (exact) mass is 380 g/mol. The molecule has 0 atom stereocenters. The molecule has 1 aliphatic rings. The van der Waals surface area contributed by atoms with Crippen molar-refractivity contribution in [3.63, 3.8) is 0 Å². The second-order valence-electron chi connectivity index (χ2n) is 6.74. The number of rotatable bonds is 3. The zero-order valence-corrected chi connectivity index (χ0v) is 15.6. The van der Waals surface area contributed by atoms with Crippen LogP contribution in [0, 0.1) is 5.82 Å². The van der Waals surface area contributed by atoms with Crippen molar-refractivity contribution in [3.05, 3.63) is 65.1 Å². The summed E-state index contributed by atoms with van der Waals surface area (Å²) in [5, 5.41) is 0. The van der Waals surface area contributed by atoms with Crippen LogP contribution in [-0.4, -0.2) is 45.7 Å². The average molecular weight is 380 g/mol. The molecule has 0 radical (unpaired) electrons. The first-order valence-electron chi connectivity index (χ1n) is 9.22. The van der Waals surface area contributed by atoms with E-state index in [1.807, 2.05) is 0 Å². The molecule has 0 bridgehead atoms. The van der Waals surface area contributed by atoms with Gasteiger partial charge in [0.25, 0.3) is 5.56 Å². The van der Waals surface area contributed by atoms with Gasteiger partial charge in [-0.3, -0.25) is 9.36 Å². The highest BCUT2D eigenvalue weighted by Crippen LogP contribution is 2.20. The Balaban J connectivity index is 1.60. The predicted molar refractivity (Wildman–Crippen MR) is 106 cm³/mol. The standard InChI is InChI=1S/C20H21FN6O/c1-25-19(28)13-18(17-7-8-22-14-23-17)24-20(25)27-10-2-9-26(11-12-27)16-5-3-15(21)4-6-16/h3-8,13-14H,2,9-12H2,1H3. The van der Waals surface area contributed by atoms with Crippen LogP contribution in [0.1, 0.15) is 6.42 Å². The van der Waals surface area contributed by atoms with Crippen LogP contribution in [0.4, 0.5) is 16.0 Å². The molecule has 1 fully saturated rings. The van der Waals surface area contributed by atoms with Crippen LogP contribution in [0.5, 0.6) is 0 Å². The summed E-state index contributed by atoms with van der Waals surface area (Å²) in [6, 6.07) is 9.80. The Bertz CT molecular complexity index is 1010. The third-order valence-electron chi connectivity index (χ3n) is 4.93. The second-order valence-corrected chi connectivity index (χ2v) is 6.74. The number of aromatic nitrogens is 4. The average Bonchev–Trinajstić information content (AvgIpc) is 2.97. The summed E-state index contributed by atoms with van der Waals surface area (Å²) in [6.07, 6.45) is 3.99. The zero-order valence-electron chi connectivity index (χ0n) is 15.6. The fourth-order valence-corrected chi connectivity index (χ4v) is 3.41. The van der Waals surface area contributed by atoms with Gasteiger partial charge in [-0.1, -0.05) is 0 Å². The highest BCUT2D eigenvalue weighted by Gasteiger charge is 2.20. The molecule has 28 heavy (non-hydrogen) atoms. The molecule has 1 saturated heterocycles. The molecule has 0 aliphatic carbocycles. The summed E-state index contributed by atoms with van der Waals surface area (Å²) in [6.45, 7) is 3.12. The minimum absolute atomic E-state index is 0.127. The SMILES string of the molecule is Cn1c(N2CCCN(c3ccc(F)cc3)CC2)nc(-c2ccncn2)cc1=O. The summed E-state index contributed by atoms with van der Waals surface area (Å²) >= 11 is 0. The molecule has 144 valence electrons. The van der Waals surface area contributed by atoms with Crippen LogP contribution in [0.15, 0.2) is 53.7 Å². The van der Waals surface area contributed by atoms with Gasteiger partial charge in [-0.25, -0.2) is 19.3 Å². The van der Waals surface area contributed by atoms with Gasteiger partial charge >= 0.3 is 0 Å². The Morgan fingerprint density at radius 3 is 2.46 bits per heavy atom. The maximum atomic E-state index is 13.2. The van der Waals surface area contributed by atoms with E-state index < -0.39 is 0 Å². The van der Waals surface area contributed by atoms with E-state index in [1.54, 1.807) is 36.0 Å². The second kappa shape index (κ2) is 7.75. The van der Waals surface area contributed by atoms with Crippen LogP contribution >= 0.6 is 0 Å². The Morgan fingerprint density at radius 1 is 0.964 bits per heavy atom. The van der Waals surface area contributed by atoms with E-state index in [4.69, 9.17) is 4.98 Å². The van der Waals surface area contributed by atoms with E-state index in [2.05, 4.69) is 19.8 Å². The minimum atomic E-state index is -0.235. The molecule has 3 aromatic rings. The molecule has 0 saturated carbocycles. The number of nitrogens with zero attached hydrogens (tertiary/aromatic N) is 6. The summed E-state index contributed by atoms with van der Waals surface area (Å²) in [7, 11) is 1.73. The Hall–Kier alpha value is -3.29. The van der Waals surface area contributed by atoms with Crippen LogP contribution in [0.25, 0.3) is 11.4 Å². The van der Waals surface area contributed by atoms with Crippen molar-refractivity contribution in [1.29, 1.82) is 0 Å². The van der Waals surface area contributed by atoms with E-state index in [9.17, 15) is 9.18 Å². The van der Waals surface area contributed by atoms with E-state index in [0.29, 0.717) is 23.9 Å². The van der Waals surface area contributed by atoms with Gasteiger partial charge in [-0.2, -0.15) is 0 Å². The molecule has 8 heteroatoms. The highest BCUT2D eigenvalue weighted by molar-refractivity contribution is 5.55. The van der Waals surface area contributed by atoms with Crippen molar-refractivity contribution in [3.8, 4) is 11.4 Å². The van der Waals surface area contributed by atoms with Gasteiger partial charge in [0.2, 0.25) is 5.95 Å². The first-order chi connectivity index (χ1) is 13.6. The molecular formula is C20H21FN6O. The molecule has 3 heterocycles. The van der Waals surface area contributed by atoms with Crippen molar-refractivity contribution in [2.24, 2.45) is 7.05 Å². The molecule has 0 spiro atoms. The molecule has 4 rings (SSSR count). The van der Waals surface area contributed by atoms with E-state index in [-0.39, 0.29) is 11.4 Å². The minimum Gasteiger partial charge on any atom is -0.370 e. The van der Waals surface area contributed by atoms with E-state index in [0.717, 1.165) is 31.7 Å². The van der Waals surface area contributed by atoms with E-state index >= 15 is 0 Å². The smallest absolute Gasteiger partial charge is 0.255 e. The molecule has 2 aromatic heterocycles. The Kier molecular flexibility index (Phi) is 5.01. The largest absolute Gasteiger partial charge is 0.370 e. The summed E-state index contributed by atoms with van der Waals surface area (Å²) in [5.74, 6) is 0.392. The van der Waals surface area contributed by atoms with Crippen LogP contribution in [0.2, 0.25) is 0 Å². The highest BCUT2D eigenvalue weighted by atomic mass is 19.1. The lowest BCUT2D eigenvalue weighted by molar-refractivity contribution is 0.627. The number of hydrogen-bond donors (Lipinski definition) is 0. The van der Waals surface area contributed by atoms with Gasteiger partial charge in [0, 0.05) is 51.2 Å². The van der Waals surface area contributed by atoms with Crippen molar-refractivity contribution in [2.45, 2.75) is 6.42 Å². The van der Waals surface area contributed by atoms with Gasteiger partial charge in [0.1, 0.15) is 12.1 Å². The maximum Gasteiger partial charge on any atom is 0.255 e. The molecule has 7 nitrogen and oxygen atoms in total. The quantitative estimate of drug-likeness (QED) is 0.693. The number of hydrogen-bond acceptors (Lipinski definition) is 6. The first-order valence-corrected chi connectivity index (χ1v) is 9.22. The lowest BCUT2D eigenvalue weighted by Gasteiger charge is -2.25. The third-order valence-corrected chi connectivity index (χ3v) is 4.93.